The van der Waals surface area contributed by atoms with Gasteiger partial charge in [0.1, 0.15) is 0 Å². The summed E-state index contributed by atoms with van der Waals surface area (Å²) in [4.78, 5) is 22.3. The quantitative estimate of drug-likeness (QED) is 0.803. The summed E-state index contributed by atoms with van der Waals surface area (Å²) >= 11 is 1.68. The first-order valence-corrected chi connectivity index (χ1v) is 9.33. The van der Waals surface area contributed by atoms with Crippen LogP contribution in [0.1, 0.15) is 55.4 Å². The van der Waals surface area contributed by atoms with Crippen LogP contribution in [-0.2, 0) is 11.2 Å². The van der Waals surface area contributed by atoms with Gasteiger partial charge in [0.05, 0.1) is 18.6 Å². The standard InChI is InChI=1S/C17H24N4O2S/c1-4-15-18-17(19-23-15)13-7-5-9-21(13)11-16(22)20(3)12(2)14-8-6-10-24-14/h6,8,10,12-13H,4-5,7,9,11H2,1-3H3/t12-,13+/m0/s1. The van der Waals surface area contributed by atoms with E-state index in [4.69, 9.17) is 4.52 Å². The Morgan fingerprint density at radius 1 is 1.58 bits per heavy atom. The van der Waals surface area contributed by atoms with Crippen LogP contribution >= 0.6 is 11.3 Å². The van der Waals surface area contributed by atoms with E-state index in [1.807, 2.05) is 30.3 Å². The number of aryl methyl sites for hydroxylation is 1. The van der Waals surface area contributed by atoms with Crippen molar-refractivity contribution in [2.45, 2.75) is 45.2 Å². The Morgan fingerprint density at radius 2 is 2.42 bits per heavy atom. The zero-order chi connectivity index (χ0) is 17.1. The Hall–Kier alpha value is -1.73. The monoisotopic (exact) mass is 348 g/mol. The fraction of sp³-hybridized carbons (Fsp3) is 0.588. The van der Waals surface area contributed by atoms with Gasteiger partial charge in [0.15, 0.2) is 5.82 Å². The van der Waals surface area contributed by atoms with Crippen molar-refractivity contribution in [3.8, 4) is 0 Å². The maximum Gasteiger partial charge on any atom is 0.237 e. The molecule has 1 aliphatic rings. The number of rotatable bonds is 6. The molecule has 6 nitrogen and oxygen atoms in total. The molecule has 0 aliphatic carbocycles. The third kappa shape index (κ3) is 3.52. The van der Waals surface area contributed by atoms with Crippen LogP contribution in [0.25, 0.3) is 0 Å². The lowest BCUT2D eigenvalue weighted by Gasteiger charge is -2.28. The van der Waals surface area contributed by atoms with Crippen molar-refractivity contribution in [1.82, 2.24) is 19.9 Å². The number of hydrogen-bond donors (Lipinski definition) is 0. The van der Waals surface area contributed by atoms with Crippen LogP contribution in [0.5, 0.6) is 0 Å². The van der Waals surface area contributed by atoms with Crippen LogP contribution in [0.2, 0.25) is 0 Å². The van der Waals surface area contributed by atoms with E-state index in [0.29, 0.717) is 18.3 Å². The van der Waals surface area contributed by atoms with Crippen LogP contribution < -0.4 is 0 Å². The molecule has 0 bridgehead atoms. The van der Waals surface area contributed by atoms with Crippen molar-refractivity contribution < 1.29 is 9.32 Å². The Morgan fingerprint density at radius 3 is 3.08 bits per heavy atom. The molecule has 1 aliphatic heterocycles. The zero-order valence-corrected chi connectivity index (χ0v) is 15.3. The maximum absolute atomic E-state index is 12.7. The Bertz CT molecular complexity index is 670. The molecule has 24 heavy (non-hydrogen) atoms. The summed E-state index contributed by atoms with van der Waals surface area (Å²) in [7, 11) is 1.88. The molecule has 2 aromatic heterocycles. The van der Waals surface area contributed by atoms with Gasteiger partial charge < -0.3 is 9.42 Å². The van der Waals surface area contributed by atoms with E-state index in [0.717, 1.165) is 25.8 Å². The lowest BCUT2D eigenvalue weighted by Crippen LogP contribution is -2.39. The van der Waals surface area contributed by atoms with Crippen LogP contribution in [0.3, 0.4) is 0 Å². The Labute approximate surface area is 146 Å². The van der Waals surface area contributed by atoms with Crippen molar-refractivity contribution in [2.24, 2.45) is 0 Å². The highest BCUT2D eigenvalue weighted by Crippen LogP contribution is 2.30. The SMILES string of the molecule is CCc1nc([C@H]2CCCN2CC(=O)N(C)[C@@H](C)c2cccs2)no1. The minimum atomic E-state index is 0.0865. The summed E-state index contributed by atoms with van der Waals surface area (Å²) in [5.41, 5.74) is 0. The molecule has 0 aromatic carbocycles. The van der Waals surface area contributed by atoms with E-state index in [9.17, 15) is 4.79 Å². The predicted octanol–water partition coefficient (Wildman–Crippen LogP) is 3.05. The van der Waals surface area contributed by atoms with E-state index in [1.54, 1.807) is 11.3 Å². The summed E-state index contributed by atoms with van der Waals surface area (Å²) in [6.07, 6.45) is 2.76. The lowest BCUT2D eigenvalue weighted by atomic mass is 10.2. The molecule has 7 heteroatoms. The molecule has 1 fully saturated rings. The largest absolute Gasteiger partial charge is 0.339 e. The highest BCUT2D eigenvalue weighted by molar-refractivity contribution is 7.10. The molecule has 3 rings (SSSR count). The first kappa shape index (κ1) is 17.1. The van der Waals surface area contributed by atoms with Crippen molar-refractivity contribution in [2.75, 3.05) is 20.1 Å². The van der Waals surface area contributed by atoms with Gasteiger partial charge in [0.2, 0.25) is 11.8 Å². The minimum Gasteiger partial charge on any atom is -0.339 e. The summed E-state index contributed by atoms with van der Waals surface area (Å²) in [6.45, 7) is 5.35. The summed E-state index contributed by atoms with van der Waals surface area (Å²) in [5, 5.41) is 6.14. The number of carbonyl (C=O) groups excluding carboxylic acids is 1. The molecular formula is C17H24N4O2S. The molecule has 3 heterocycles. The summed E-state index contributed by atoms with van der Waals surface area (Å²) in [5.74, 6) is 1.50. The van der Waals surface area contributed by atoms with Gasteiger partial charge in [-0.3, -0.25) is 9.69 Å². The van der Waals surface area contributed by atoms with Crippen LogP contribution in [0.4, 0.5) is 0 Å². The Kier molecular flexibility index (Phi) is 5.30. The molecule has 1 amide bonds. The molecule has 1 saturated heterocycles. The van der Waals surface area contributed by atoms with E-state index in [-0.39, 0.29) is 18.0 Å². The Balaban J connectivity index is 1.64. The number of carbonyl (C=O) groups is 1. The fourth-order valence-electron chi connectivity index (χ4n) is 3.08. The lowest BCUT2D eigenvalue weighted by molar-refractivity contribution is -0.133. The van der Waals surface area contributed by atoms with Gasteiger partial charge >= 0.3 is 0 Å². The molecule has 0 unspecified atom stereocenters. The first-order chi connectivity index (χ1) is 11.6. The number of thiophene rings is 1. The van der Waals surface area contributed by atoms with E-state index in [2.05, 4.69) is 28.0 Å². The van der Waals surface area contributed by atoms with Gasteiger partial charge in [0, 0.05) is 18.3 Å². The van der Waals surface area contributed by atoms with E-state index in [1.165, 1.54) is 4.88 Å². The molecular weight excluding hydrogens is 324 g/mol. The minimum absolute atomic E-state index is 0.0865. The van der Waals surface area contributed by atoms with Gasteiger partial charge in [-0.05, 0) is 37.8 Å². The number of hydrogen-bond acceptors (Lipinski definition) is 6. The highest BCUT2D eigenvalue weighted by atomic mass is 32.1. The van der Waals surface area contributed by atoms with Crippen molar-refractivity contribution in [1.29, 1.82) is 0 Å². The summed E-state index contributed by atoms with van der Waals surface area (Å²) < 4.78 is 5.23. The van der Waals surface area contributed by atoms with E-state index < -0.39 is 0 Å². The number of aromatic nitrogens is 2. The summed E-state index contributed by atoms with van der Waals surface area (Å²) in [6, 6.07) is 4.27. The second kappa shape index (κ2) is 7.44. The van der Waals surface area contributed by atoms with Crippen LogP contribution in [-0.4, -0.2) is 46.0 Å². The highest BCUT2D eigenvalue weighted by Gasteiger charge is 2.32. The average molecular weight is 348 g/mol. The molecule has 0 spiro atoms. The molecule has 0 saturated carbocycles. The fourth-order valence-corrected chi connectivity index (χ4v) is 3.90. The second-order valence-corrected chi connectivity index (χ2v) is 7.20. The van der Waals surface area contributed by atoms with Gasteiger partial charge in [-0.2, -0.15) is 4.98 Å². The topological polar surface area (TPSA) is 62.5 Å². The molecule has 0 radical (unpaired) electrons. The zero-order valence-electron chi connectivity index (χ0n) is 14.4. The van der Waals surface area contributed by atoms with Gasteiger partial charge in [0.25, 0.3) is 0 Å². The van der Waals surface area contributed by atoms with Crippen molar-refractivity contribution in [3.63, 3.8) is 0 Å². The number of likely N-dealkylation sites (tertiary alicyclic amines) is 1. The van der Waals surface area contributed by atoms with Gasteiger partial charge in [-0.15, -0.1) is 11.3 Å². The molecule has 0 N–H and O–H groups in total. The van der Waals surface area contributed by atoms with Crippen molar-refractivity contribution >= 4 is 17.2 Å². The van der Waals surface area contributed by atoms with E-state index >= 15 is 0 Å². The number of nitrogens with zero attached hydrogens (tertiary/aromatic N) is 4. The van der Waals surface area contributed by atoms with Crippen molar-refractivity contribution in [3.05, 3.63) is 34.1 Å². The van der Waals surface area contributed by atoms with Crippen LogP contribution in [0, 0.1) is 0 Å². The second-order valence-electron chi connectivity index (χ2n) is 6.22. The third-order valence-electron chi connectivity index (χ3n) is 4.72. The molecule has 130 valence electrons. The third-order valence-corrected chi connectivity index (χ3v) is 5.76. The smallest absolute Gasteiger partial charge is 0.237 e. The first-order valence-electron chi connectivity index (χ1n) is 8.45. The normalized spacial score (nSPS) is 19.5. The maximum atomic E-state index is 12.7. The number of likely N-dealkylation sites (N-methyl/N-ethyl adjacent to an activating group) is 1. The molecule has 2 aromatic rings. The molecule has 2 atom stereocenters. The van der Waals surface area contributed by atoms with Crippen LogP contribution in [0.15, 0.2) is 22.0 Å². The average Bonchev–Trinajstić information content (AvgIpc) is 3.33. The van der Waals surface area contributed by atoms with Gasteiger partial charge in [-0.25, -0.2) is 0 Å². The predicted molar refractivity (Wildman–Crippen MR) is 92.7 cm³/mol. The number of amides is 1. The van der Waals surface area contributed by atoms with Gasteiger partial charge in [-0.1, -0.05) is 18.1 Å².